The third-order valence-electron chi connectivity index (χ3n) is 2.60. The monoisotopic (exact) mass is 263 g/mol. The average Bonchev–Trinajstić information content (AvgIpc) is 2.43. The molecule has 0 fully saturated rings. The first-order valence-electron chi connectivity index (χ1n) is 6.50. The molecular weight excluding hydrogens is 242 g/mol. The molecule has 0 spiro atoms. The summed E-state index contributed by atoms with van der Waals surface area (Å²) in [6.07, 6.45) is 5.12. The minimum absolute atomic E-state index is 0.355. The molecule has 19 heavy (non-hydrogen) atoms. The number of hydrogen-bond acceptors (Lipinski definition) is 4. The van der Waals surface area contributed by atoms with E-state index in [2.05, 4.69) is 6.58 Å². The van der Waals surface area contributed by atoms with Crippen LogP contribution in [-0.4, -0.2) is 19.2 Å². The van der Waals surface area contributed by atoms with E-state index in [1.807, 2.05) is 24.3 Å². The molecule has 0 unspecified atom stereocenters. The third-order valence-corrected chi connectivity index (χ3v) is 2.60. The highest BCUT2D eigenvalue weighted by molar-refractivity contribution is 5.81. The van der Waals surface area contributed by atoms with Crippen LogP contribution in [0.1, 0.15) is 25.7 Å². The van der Waals surface area contributed by atoms with Crippen LogP contribution < -0.4 is 10.5 Å². The molecule has 0 amide bonds. The molecule has 0 atom stereocenters. The summed E-state index contributed by atoms with van der Waals surface area (Å²) in [6, 6.07) is 7.38. The molecule has 104 valence electrons. The van der Waals surface area contributed by atoms with Crippen molar-refractivity contribution in [1.82, 2.24) is 0 Å². The van der Waals surface area contributed by atoms with E-state index in [0.29, 0.717) is 13.2 Å². The Hall–Kier alpha value is -1.97. The van der Waals surface area contributed by atoms with Gasteiger partial charge in [0.25, 0.3) is 0 Å². The number of nitrogens with two attached hydrogens (primary N) is 1. The number of carbonyl (C=O) groups is 1. The highest BCUT2D eigenvalue weighted by Gasteiger charge is 1.96. The van der Waals surface area contributed by atoms with E-state index in [1.54, 1.807) is 0 Å². The first-order valence-corrected chi connectivity index (χ1v) is 6.50. The maximum atomic E-state index is 10.8. The van der Waals surface area contributed by atoms with Crippen LogP contribution in [0, 0.1) is 0 Å². The maximum Gasteiger partial charge on any atom is 0.330 e. The van der Waals surface area contributed by atoms with Crippen molar-refractivity contribution in [2.75, 3.05) is 18.9 Å². The maximum absolute atomic E-state index is 10.8. The van der Waals surface area contributed by atoms with Gasteiger partial charge in [0.2, 0.25) is 0 Å². The lowest BCUT2D eigenvalue weighted by Crippen LogP contribution is -2.02. The van der Waals surface area contributed by atoms with Gasteiger partial charge in [-0.1, -0.05) is 6.58 Å². The van der Waals surface area contributed by atoms with Crippen molar-refractivity contribution in [3.63, 3.8) is 0 Å². The summed E-state index contributed by atoms with van der Waals surface area (Å²) in [5.74, 6) is 0.487. The Morgan fingerprint density at radius 1 is 1.11 bits per heavy atom. The van der Waals surface area contributed by atoms with Crippen LogP contribution in [0.3, 0.4) is 0 Å². The van der Waals surface area contributed by atoms with E-state index in [1.165, 1.54) is 6.08 Å². The molecule has 0 saturated heterocycles. The Bertz CT molecular complexity index is 387. The first kappa shape index (κ1) is 15.1. The Balaban J connectivity index is 1.95. The Morgan fingerprint density at radius 3 is 2.37 bits per heavy atom. The average molecular weight is 263 g/mol. The van der Waals surface area contributed by atoms with Crippen molar-refractivity contribution in [3.8, 4) is 5.75 Å². The zero-order valence-electron chi connectivity index (χ0n) is 11.1. The summed E-state index contributed by atoms with van der Waals surface area (Å²) < 4.78 is 10.4. The van der Waals surface area contributed by atoms with Crippen LogP contribution in [0.4, 0.5) is 5.69 Å². The molecule has 0 aromatic heterocycles. The second-order valence-electron chi connectivity index (χ2n) is 4.20. The molecule has 0 radical (unpaired) electrons. The van der Waals surface area contributed by atoms with Crippen molar-refractivity contribution in [1.29, 1.82) is 0 Å². The number of unbranched alkanes of at least 4 members (excludes halogenated alkanes) is 3. The molecule has 1 rings (SSSR count). The fourth-order valence-electron chi connectivity index (χ4n) is 1.54. The van der Waals surface area contributed by atoms with Gasteiger partial charge >= 0.3 is 5.97 Å². The van der Waals surface area contributed by atoms with Gasteiger partial charge in [0.15, 0.2) is 0 Å². The molecule has 0 aliphatic rings. The molecule has 0 heterocycles. The van der Waals surface area contributed by atoms with Crippen LogP contribution >= 0.6 is 0 Å². The predicted octanol–water partition coefficient (Wildman–Crippen LogP) is 2.94. The van der Waals surface area contributed by atoms with Gasteiger partial charge in [0.05, 0.1) is 13.2 Å². The SMILES string of the molecule is C=CC(=O)OCCCCCCOc1ccc(N)cc1. The zero-order chi connectivity index (χ0) is 13.9. The van der Waals surface area contributed by atoms with Crippen LogP contribution in [0.2, 0.25) is 0 Å². The number of esters is 1. The van der Waals surface area contributed by atoms with Crippen molar-refractivity contribution in [2.24, 2.45) is 0 Å². The number of carbonyl (C=O) groups excluding carboxylic acids is 1. The molecule has 0 aliphatic heterocycles. The summed E-state index contributed by atoms with van der Waals surface area (Å²) in [5.41, 5.74) is 6.32. The van der Waals surface area contributed by atoms with E-state index in [0.717, 1.165) is 37.1 Å². The van der Waals surface area contributed by atoms with Crippen LogP contribution in [-0.2, 0) is 9.53 Å². The van der Waals surface area contributed by atoms with E-state index < -0.39 is 0 Å². The molecule has 1 aromatic rings. The standard InChI is InChI=1S/C15H21NO3/c1-2-15(17)19-12-6-4-3-5-11-18-14-9-7-13(16)8-10-14/h2,7-10H,1,3-6,11-12,16H2. The number of hydrogen-bond donors (Lipinski definition) is 1. The van der Waals surface area contributed by atoms with E-state index in [-0.39, 0.29) is 5.97 Å². The molecule has 0 aliphatic carbocycles. The third kappa shape index (κ3) is 7.13. The topological polar surface area (TPSA) is 61.5 Å². The smallest absolute Gasteiger partial charge is 0.330 e. The van der Waals surface area contributed by atoms with Crippen molar-refractivity contribution >= 4 is 11.7 Å². The second-order valence-corrected chi connectivity index (χ2v) is 4.20. The summed E-state index contributed by atoms with van der Waals surface area (Å²) in [6.45, 7) is 4.49. The van der Waals surface area contributed by atoms with Gasteiger partial charge in [-0.2, -0.15) is 0 Å². The van der Waals surface area contributed by atoms with Crippen molar-refractivity contribution < 1.29 is 14.3 Å². The number of anilines is 1. The number of nitrogen functional groups attached to an aromatic ring is 1. The second kappa shape index (κ2) is 9.03. The van der Waals surface area contributed by atoms with E-state index >= 15 is 0 Å². The quantitative estimate of drug-likeness (QED) is 0.322. The predicted molar refractivity (Wildman–Crippen MR) is 76.0 cm³/mol. The van der Waals surface area contributed by atoms with Gasteiger partial charge < -0.3 is 15.2 Å². The number of rotatable bonds is 9. The molecule has 2 N–H and O–H groups in total. The van der Waals surface area contributed by atoms with Crippen molar-refractivity contribution in [3.05, 3.63) is 36.9 Å². The highest BCUT2D eigenvalue weighted by Crippen LogP contribution is 2.13. The van der Waals surface area contributed by atoms with Gasteiger partial charge in [0, 0.05) is 11.8 Å². The Labute approximate surface area is 114 Å². The Morgan fingerprint density at radius 2 is 1.74 bits per heavy atom. The lowest BCUT2D eigenvalue weighted by atomic mass is 10.2. The van der Waals surface area contributed by atoms with E-state index in [4.69, 9.17) is 15.2 Å². The minimum atomic E-state index is -0.355. The van der Waals surface area contributed by atoms with Crippen LogP contribution in [0.5, 0.6) is 5.75 Å². The normalized spacial score (nSPS) is 9.89. The summed E-state index contributed by atoms with van der Waals surface area (Å²) in [7, 11) is 0. The van der Waals surface area contributed by atoms with Gasteiger partial charge in [-0.05, 0) is 49.9 Å². The fourth-order valence-corrected chi connectivity index (χ4v) is 1.54. The zero-order valence-corrected chi connectivity index (χ0v) is 11.1. The van der Waals surface area contributed by atoms with Gasteiger partial charge in [-0.25, -0.2) is 4.79 Å². The summed E-state index contributed by atoms with van der Waals surface area (Å²) in [5, 5.41) is 0. The largest absolute Gasteiger partial charge is 0.494 e. The first-order chi connectivity index (χ1) is 9.22. The van der Waals surface area contributed by atoms with Gasteiger partial charge in [-0.3, -0.25) is 0 Å². The molecule has 4 heteroatoms. The molecule has 0 bridgehead atoms. The molecule has 0 saturated carbocycles. The van der Waals surface area contributed by atoms with Gasteiger partial charge in [0.1, 0.15) is 5.75 Å². The van der Waals surface area contributed by atoms with Crippen LogP contribution in [0.15, 0.2) is 36.9 Å². The number of benzene rings is 1. The van der Waals surface area contributed by atoms with E-state index in [9.17, 15) is 4.79 Å². The number of ether oxygens (including phenoxy) is 2. The lowest BCUT2D eigenvalue weighted by molar-refractivity contribution is -0.137. The summed E-state index contributed by atoms with van der Waals surface area (Å²) in [4.78, 5) is 10.8. The van der Waals surface area contributed by atoms with Gasteiger partial charge in [-0.15, -0.1) is 0 Å². The molecule has 4 nitrogen and oxygen atoms in total. The van der Waals surface area contributed by atoms with Crippen molar-refractivity contribution in [2.45, 2.75) is 25.7 Å². The molecular formula is C15H21NO3. The fraction of sp³-hybridized carbons (Fsp3) is 0.400. The Kier molecular flexibility index (Phi) is 7.17. The minimum Gasteiger partial charge on any atom is -0.494 e. The van der Waals surface area contributed by atoms with Crippen LogP contribution in [0.25, 0.3) is 0 Å². The highest BCUT2D eigenvalue weighted by atomic mass is 16.5. The molecule has 1 aromatic carbocycles. The summed E-state index contributed by atoms with van der Waals surface area (Å²) >= 11 is 0. The lowest BCUT2D eigenvalue weighted by Gasteiger charge is -2.06.